The van der Waals surface area contributed by atoms with Gasteiger partial charge in [0.05, 0.1) is 0 Å². The number of hydrogen-bond acceptors (Lipinski definition) is 2. The normalized spacial score (nSPS) is 10.3. The number of hydrogen-bond donors (Lipinski definition) is 0. The summed E-state index contributed by atoms with van der Waals surface area (Å²) in [6, 6.07) is 19.7. The van der Waals surface area contributed by atoms with Crippen molar-refractivity contribution in [3.05, 3.63) is 89.6 Å². The van der Waals surface area contributed by atoms with Crippen molar-refractivity contribution in [1.82, 2.24) is 4.98 Å². The summed E-state index contributed by atoms with van der Waals surface area (Å²) in [6.07, 6.45) is 3.55. The molecule has 3 heteroatoms. The molecule has 0 fully saturated rings. The molecule has 1 heterocycles. The smallest absolute Gasteiger partial charge is 0.213 e. The van der Waals surface area contributed by atoms with Gasteiger partial charge >= 0.3 is 0 Å². The Labute approximate surface area is 141 Å². The number of ether oxygens (including phenoxy) is 1. The lowest BCUT2D eigenvalue weighted by Crippen LogP contribution is -1.96. The number of halogens is 1. The van der Waals surface area contributed by atoms with Gasteiger partial charge in [-0.15, -0.1) is 0 Å². The first-order valence-electron chi connectivity index (χ1n) is 7.31. The lowest BCUT2D eigenvalue weighted by Gasteiger charge is -2.07. The third-order valence-corrected chi connectivity index (χ3v) is 3.86. The summed E-state index contributed by atoms with van der Waals surface area (Å²) >= 11 is 6.10. The Bertz CT molecular complexity index is 798. The first-order valence-corrected chi connectivity index (χ1v) is 7.69. The van der Waals surface area contributed by atoms with Crippen molar-refractivity contribution in [2.45, 2.75) is 6.61 Å². The second-order valence-corrected chi connectivity index (χ2v) is 5.51. The number of nitrogens with zero attached hydrogens (tertiary/aromatic N) is 1. The predicted molar refractivity (Wildman–Crippen MR) is 95.5 cm³/mol. The van der Waals surface area contributed by atoms with E-state index < -0.39 is 0 Å². The summed E-state index contributed by atoms with van der Waals surface area (Å²) < 4.78 is 5.70. The van der Waals surface area contributed by atoms with Crippen LogP contribution in [0.4, 0.5) is 0 Å². The molecule has 0 radical (unpaired) electrons. The molecule has 0 N–H and O–H groups in total. The monoisotopic (exact) mass is 321 g/mol. The molecular weight excluding hydrogens is 306 g/mol. The molecule has 0 bridgehead atoms. The minimum atomic E-state index is 0.509. The first kappa shape index (κ1) is 15.3. The Balaban J connectivity index is 1.73. The summed E-state index contributed by atoms with van der Waals surface area (Å²) in [5.41, 5.74) is 4.09. The van der Waals surface area contributed by atoms with Crippen LogP contribution in [0.25, 0.3) is 17.2 Å². The molecule has 0 atom stereocenters. The number of rotatable bonds is 5. The maximum atomic E-state index is 6.10. The van der Waals surface area contributed by atoms with Gasteiger partial charge in [-0.1, -0.05) is 60.7 Å². The van der Waals surface area contributed by atoms with E-state index in [2.05, 4.69) is 11.6 Å². The highest BCUT2D eigenvalue weighted by Crippen LogP contribution is 2.26. The van der Waals surface area contributed by atoms with Gasteiger partial charge in [0, 0.05) is 22.8 Å². The van der Waals surface area contributed by atoms with Crippen molar-refractivity contribution in [2.24, 2.45) is 0 Å². The molecule has 1 aromatic heterocycles. The molecule has 2 nitrogen and oxygen atoms in total. The summed E-state index contributed by atoms with van der Waals surface area (Å²) in [6.45, 7) is 4.28. The van der Waals surface area contributed by atoms with E-state index in [-0.39, 0.29) is 0 Å². The zero-order valence-electron chi connectivity index (χ0n) is 12.6. The van der Waals surface area contributed by atoms with Crippen LogP contribution in [0.3, 0.4) is 0 Å². The fourth-order valence-corrected chi connectivity index (χ4v) is 2.44. The summed E-state index contributed by atoms with van der Waals surface area (Å²) in [5, 5.41) is 0.694. The van der Waals surface area contributed by atoms with Crippen LogP contribution in [0.5, 0.6) is 5.88 Å². The van der Waals surface area contributed by atoms with Crippen molar-refractivity contribution >= 4 is 17.7 Å². The molecular formula is C20H16ClNO. The highest BCUT2D eigenvalue weighted by Gasteiger charge is 2.03. The zero-order chi connectivity index (χ0) is 16.1. The predicted octanol–water partition coefficient (Wildman–Crippen LogP) is 5.62. The van der Waals surface area contributed by atoms with E-state index in [1.54, 1.807) is 12.3 Å². The van der Waals surface area contributed by atoms with E-state index in [9.17, 15) is 0 Å². The van der Waals surface area contributed by atoms with Gasteiger partial charge in [-0.2, -0.15) is 0 Å². The highest BCUT2D eigenvalue weighted by atomic mass is 35.5. The van der Waals surface area contributed by atoms with E-state index in [4.69, 9.17) is 16.3 Å². The van der Waals surface area contributed by atoms with Crippen LogP contribution >= 0.6 is 11.6 Å². The van der Waals surface area contributed by atoms with Crippen molar-refractivity contribution in [1.29, 1.82) is 0 Å². The SMILES string of the molecule is C=Cc1cc(-c2ccc(OCc3ccccc3)nc2)ccc1Cl. The molecule has 0 saturated heterocycles. The molecule has 0 spiro atoms. The molecule has 0 saturated carbocycles. The van der Waals surface area contributed by atoms with Crippen LogP contribution in [0, 0.1) is 0 Å². The van der Waals surface area contributed by atoms with E-state index in [1.807, 2.05) is 60.7 Å². The van der Waals surface area contributed by atoms with Crippen molar-refractivity contribution in [3.8, 4) is 17.0 Å². The Morgan fingerprint density at radius 3 is 2.48 bits per heavy atom. The van der Waals surface area contributed by atoms with Crippen molar-refractivity contribution in [2.75, 3.05) is 0 Å². The van der Waals surface area contributed by atoms with Crippen LogP contribution < -0.4 is 4.74 Å². The lowest BCUT2D eigenvalue weighted by atomic mass is 10.0. The van der Waals surface area contributed by atoms with Gasteiger partial charge in [0.25, 0.3) is 0 Å². The molecule has 114 valence electrons. The molecule has 0 aliphatic rings. The molecule has 3 aromatic rings. The number of aromatic nitrogens is 1. The Hall–Kier alpha value is -2.58. The Morgan fingerprint density at radius 1 is 1.00 bits per heavy atom. The molecule has 23 heavy (non-hydrogen) atoms. The minimum absolute atomic E-state index is 0.509. The van der Waals surface area contributed by atoms with Crippen molar-refractivity contribution < 1.29 is 4.74 Å². The summed E-state index contributed by atoms with van der Waals surface area (Å²) in [7, 11) is 0. The van der Waals surface area contributed by atoms with Gasteiger partial charge in [0.15, 0.2) is 0 Å². The minimum Gasteiger partial charge on any atom is -0.473 e. The van der Waals surface area contributed by atoms with Crippen LogP contribution in [-0.2, 0) is 6.61 Å². The van der Waals surface area contributed by atoms with Gasteiger partial charge < -0.3 is 4.74 Å². The van der Waals surface area contributed by atoms with E-state index in [1.165, 1.54) is 0 Å². The topological polar surface area (TPSA) is 22.1 Å². The maximum Gasteiger partial charge on any atom is 0.213 e. The summed E-state index contributed by atoms with van der Waals surface area (Å²) in [5.74, 6) is 0.607. The Morgan fingerprint density at radius 2 is 1.78 bits per heavy atom. The standard InChI is InChI=1S/C20H16ClNO/c1-2-16-12-17(8-10-19(16)21)18-9-11-20(22-13-18)23-14-15-6-4-3-5-7-15/h2-13H,1,14H2. The van der Waals surface area contributed by atoms with Crippen LogP contribution in [0.1, 0.15) is 11.1 Å². The van der Waals surface area contributed by atoms with E-state index in [0.29, 0.717) is 17.5 Å². The van der Waals surface area contributed by atoms with Gasteiger partial charge in [0.1, 0.15) is 6.61 Å². The van der Waals surface area contributed by atoms with Crippen LogP contribution in [0.15, 0.2) is 73.4 Å². The number of pyridine rings is 1. The highest BCUT2D eigenvalue weighted by molar-refractivity contribution is 6.32. The van der Waals surface area contributed by atoms with Crippen LogP contribution in [0.2, 0.25) is 5.02 Å². The van der Waals surface area contributed by atoms with Crippen molar-refractivity contribution in [3.63, 3.8) is 0 Å². The fraction of sp³-hybridized carbons (Fsp3) is 0.0500. The Kier molecular flexibility index (Phi) is 4.74. The lowest BCUT2D eigenvalue weighted by molar-refractivity contribution is 0.294. The third kappa shape index (κ3) is 3.79. The first-order chi connectivity index (χ1) is 11.3. The van der Waals surface area contributed by atoms with Gasteiger partial charge in [0.2, 0.25) is 5.88 Å². The average molecular weight is 322 g/mol. The zero-order valence-corrected chi connectivity index (χ0v) is 13.3. The maximum absolute atomic E-state index is 6.10. The summed E-state index contributed by atoms with van der Waals surface area (Å²) in [4.78, 5) is 4.37. The number of benzene rings is 2. The average Bonchev–Trinajstić information content (AvgIpc) is 2.62. The van der Waals surface area contributed by atoms with Gasteiger partial charge in [-0.25, -0.2) is 4.98 Å². The second kappa shape index (κ2) is 7.12. The molecule has 0 aliphatic carbocycles. The third-order valence-electron chi connectivity index (χ3n) is 3.52. The second-order valence-electron chi connectivity index (χ2n) is 5.10. The fourth-order valence-electron chi connectivity index (χ4n) is 2.25. The molecule has 3 rings (SSSR count). The molecule has 2 aromatic carbocycles. The molecule has 0 unspecified atom stereocenters. The molecule has 0 aliphatic heterocycles. The van der Waals surface area contributed by atoms with Crippen LogP contribution in [-0.4, -0.2) is 4.98 Å². The molecule has 0 amide bonds. The van der Waals surface area contributed by atoms with E-state index in [0.717, 1.165) is 22.3 Å². The van der Waals surface area contributed by atoms with Gasteiger partial charge in [-0.05, 0) is 34.9 Å². The largest absolute Gasteiger partial charge is 0.473 e. The van der Waals surface area contributed by atoms with E-state index >= 15 is 0 Å². The van der Waals surface area contributed by atoms with Gasteiger partial charge in [-0.3, -0.25) is 0 Å². The quantitative estimate of drug-likeness (QED) is 0.608.